The molecule has 6 heteroatoms. The highest BCUT2D eigenvalue weighted by Crippen LogP contribution is 2.12. The molecule has 1 saturated heterocycles. The van der Waals surface area contributed by atoms with Crippen LogP contribution in [-0.4, -0.2) is 72.7 Å². The average Bonchev–Trinajstić information content (AvgIpc) is 2.26. The summed E-state index contributed by atoms with van der Waals surface area (Å²) in [5.74, 6) is -0.843. The minimum atomic E-state index is -0.872. The van der Waals surface area contributed by atoms with Crippen molar-refractivity contribution >= 4 is 11.9 Å². The molecular weight excluding hydrogens is 224 g/mol. The van der Waals surface area contributed by atoms with Gasteiger partial charge in [0.25, 0.3) is 0 Å². The van der Waals surface area contributed by atoms with Crippen LogP contribution in [0.1, 0.15) is 13.3 Å². The van der Waals surface area contributed by atoms with Crippen LogP contribution in [0.15, 0.2) is 0 Å². The van der Waals surface area contributed by atoms with E-state index in [-0.39, 0.29) is 24.5 Å². The normalized spacial score (nSPS) is 23.1. The van der Waals surface area contributed by atoms with Gasteiger partial charge in [0, 0.05) is 27.2 Å². The van der Waals surface area contributed by atoms with Crippen molar-refractivity contribution in [1.82, 2.24) is 9.80 Å². The van der Waals surface area contributed by atoms with Gasteiger partial charge in [-0.05, 0) is 6.92 Å². The monoisotopic (exact) mass is 244 g/mol. The van der Waals surface area contributed by atoms with E-state index in [0.717, 1.165) is 0 Å². The van der Waals surface area contributed by atoms with Crippen LogP contribution in [0.5, 0.6) is 0 Å². The lowest BCUT2D eigenvalue weighted by atomic mass is 10.1. The molecule has 1 amide bonds. The molecule has 0 aliphatic carbocycles. The number of carboxylic acid groups (broad SMARTS) is 1. The second-order valence-corrected chi connectivity index (χ2v) is 4.49. The minimum Gasteiger partial charge on any atom is -0.481 e. The second kappa shape index (κ2) is 5.97. The third-order valence-electron chi connectivity index (χ3n) is 2.92. The number of carbonyl (C=O) groups excluding carboxylic acids is 1. The first-order valence-corrected chi connectivity index (χ1v) is 5.70. The molecule has 2 atom stereocenters. The fourth-order valence-electron chi connectivity index (χ4n) is 1.94. The lowest BCUT2D eigenvalue weighted by Crippen LogP contribution is -2.52. The Balaban J connectivity index is 2.54. The van der Waals surface area contributed by atoms with Gasteiger partial charge in [0.05, 0.1) is 25.2 Å². The van der Waals surface area contributed by atoms with E-state index in [9.17, 15) is 9.59 Å². The molecule has 0 saturated carbocycles. The van der Waals surface area contributed by atoms with Gasteiger partial charge < -0.3 is 14.7 Å². The van der Waals surface area contributed by atoms with E-state index in [1.807, 2.05) is 11.8 Å². The number of aliphatic carboxylic acids is 1. The predicted octanol–water partition coefficient (Wildman–Crippen LogP) is -0.361. The Bertz CT molecular complexity index is 293. The van der Waals surface area contributed by atoms with Crippen molar-refractivity contribution in [2.45, 2.75) is 25.5 Å². The standard InChI is InChI=1S/C11H20N2O4/c1-8(11(16)12(2)3)13-4-5-17-9(7-13)6-10(14)15/h8-9H,4-7H2,1-3H3,(H,14,15). The van der Waals surface area contributed by atoms with Gasteiger partial charge in [0.15, 0.2) is 0 Å². The molecule has 0 aromatic heterocycles. The van der Waals surface area contributed by atoms with E-state index in [4.69, 9.17) is 9.84 Å². The van der Waals surface area contributed by atoms with E-state index < -0.39 is 5.97 Å². The summed E-state index contributed by atoms with van der Waals surface area (Å²) in [6.45, 7) is 3.47. The number of hydrogen-bond donors (Lipinski definition) is 1. The number of ether oxygens (including phenoxy) is 1. The SMILES string of the molecule is CC(C(=O)N(C)C)N1CCOC(CC(=O)O)C1. The highest BCUT2D eigenvalue weighted by atomic mass is 16.5. The van der Waals surface area contributed by atoms with Gasteiger partial charge in [0.2, 0.25) is 5.91 Å². The van der Waals surface area contributed by atoms with E-state index in [0.29, 0.717) is 19.7 Å². The summed E-state index contributed by atoms with van der Waals surface area (Å²) in [7, 11) is 3.43. The zero-order valence-electron chi connectivity index (χ0n) is 10.5. The third kappa shape index (κ3) is 3.98. The van der Waals surface area contributed by atoms with Crippen LogP contribution in [-0.2, 0) is 14.3 Å². The van der Waals surface area contributed by atoms with Crippen molar-refractivity contribution in [1.29, 1.82) is 0 Å². The lowest BCUT2D eigenvalue weighted by molar-refractivity contribution is -0.144. The molecular formula is C11H20N2O4. The van der Waals surface area contributed by atoms with Gasteiger partial charge >= 0.3 is 5.97 Å². The molecule has 1 N–H and O–H groups in total. The van der Waals surface area contributed by atoms with Gasteiger partial charge in [0.1, 0.15) is 0 Å². The number of carboxylic acids is 1. The molecule has 1 aliphatic rings. The fraction of sp³-hybridized carbons (Fsp3) is 0.818. The summed E-state index contributed by atoms with van der Waals surface area (Å²) in [5.41, 5.74) is 0. The second-order valence-electron chi connectivity index (χ2n) is 4.49. The molecule has 0 spiro atoms. The molecule has 17 heavy (non-hydrogen) atoms. The van der Waals surface area contributed by atoms with Crippen molar-refractivity contribution in [3.63, 3.8) is 0 Å². The lowest BCUT2D eigenvalue weighted by Gasteiger charge is -2.36. The fourth-order valence-corrected chi connectivity index (χ4v) is 1.94. The predicted molar refractivity (Wildman–Crippen MR) is 61.7 cm³/mol. The van der Waals surface area contributed by atoms with E-state index in [1.54, 1.807) is 19.0 Å². The largest absolute Gasteiger partial charge is 0.481 e. The number of nitrogens with zero attached hydrogens (tertiary/aromatic N) is 2. The van der Waals surface area contributed by atoms with Gasteiger partial charge in [-0.1, -0.05) is 0 Å². The number of hydrogen-bond acceptors (Lipinski definition) is 4. The van der Waals surface area contributed by atoms with Gasteiger partial charge in [-0.25, -0.2) is 0 Å². The smallest absolute Gasteiger partial charge is 0.306 e. The van der Waals surface area contributed by atoms with Crippen molar-refractivity contribution < 1.29 is 19.4 Å². The molecule has 0 aromatic rings. The summed E-state index contributed by atoms with van der Waals surface area (Å²) in [4.78, 5) is 25.9. The maximum atomic E-state index is 11.8. The van der Waals surface area contributed by atoms with Crippen molar-refractivity contribution in [2.75, 3.05) is 33.8 Å². The summed E-state index contributed by atoms with van der Waals surface area (Å²) in [5, 5.41) is 8.71. The molecule has 1 heterocycles. The summed E-state index contributed by atoms with van der Waals surface area (Å²) < 4.78 is 5.36. The first-order valence-electron chi connectivity index (χ1n) is 5.70. The first-order chi connectivity index (χ1) is 7.91. The van der Waals surface area contributed by atoms with Crippen LogP contribution in [0.4, 0.5) is 0 Å². The molecule has 0 bridgehead atoms. The molecule has 1 aliphatic heterocycles. The summed E-state index contributed by atoms with van der Waals surface area (Å²) in [6.07, 6.45) is -0.335. The number of amides is 1. The molecule has 6 nitrogen and oxygen atoms in total. The van der Waals surface area contributed by atoms with Crippen LogP contribution in [0.25, 0.3) is 0 Å². The Hall–Kier alpha value is -1.14. The quantitative estimate of drug-likeness (QED) is 0.731. The van der Waals surface area contributed by atoms with Crippen LogP contribution >= 0.6 is 0 Å². The van der Waals surface area contributed by atoms with Crippen molar-refractivity contribution in [3.8, 4) is 0 Å². The molecule has 2 unspecified atom stereocenters. The zero-order valence-corrected chi connectivity index (χ0v) is 10.5. The zero-order chi connectivity index (χ0) is 13.0. The maximum Gasteiger partial charge on any atom is 0.306 e. The topological polar surface area (TPSA) is 70.1 Å². The van der Waals surface area contributed by atoms with Crippen LogP contribution in [0.2, 0.25) is 0 Å². The van der Waals surface area contributed by atoms with Crippen LogP contribution in [0.3, 0.4) is 0 Å². The minimum absolute atomic E-state index is 0.0145. The Morgan fingerprint density at radius 2 is 2.18 bits per heavy atom. The Kier molecular flexibility index (Phi) is 4.89. The molecule has 1 fully saturated rings. The first kappa shape index (κ1) is 13.9. The van der Waals surface area contributed by atoms with Gasteiger partial charge in [-0.2, -0.15) is 0 Å². The maximum absolute atomic E-state index is 11.8. The Morgan fingerprint density at radius 1 is 1.53 bits per heavy atom. The number of carbonyl (C=O) groups is 2. The molecule has 0 radical (unpaired) electrons. The van der Waals surface area contributed by atoms with Crippen molar-refractivity contribution in [3.05, 3.63) is 0 Å². The van der Waals surface area contributed by atoms with E-state index in [2.05, 4.69) is 0 Å². The molecule has 98 valence electrons. The van der Waals surface area contributed by atoms with Crippen molar-refractivity contribution in [2.24, 2.45) is 0 Å². The highest BCUT2D eigenvalue weighted by molar-refractivity contribution is 5.81. The van der Waals surface area contributed by atoms with Gasteiger partial charge in [-0.3, -0.25) is 14.5 Å². The third-order valence-corrected chi connectivity index (χ3v) is 2.92. The summed E-state index contributed by atoms with van der Waals surface area (Å²) >= 11 is 0. The number of likely N-dealkylation sites (N-methyl/N-ethyl adjacent to an activating group) is 1. The molecule has 1 rings (SSSR count). The molecule has 0 aromatic carbocycles. The van der Waals surface area contributed by atoms with E-state index in [1.165, 1.54) is 0 Å². The Morgan fingerprint density at radius 3 is 2.71 bits per heavy atom. The number of morpholine rings is 1. The Labute approximate surface area is 101 Å². The van der Waals surface area contributed by atoms with Gasteiger partial charge in [-0.15, -0.1) is 0 Å². The van der Waals surface area contributed by atoms with Crippen LogP contribution < -0.4 is 0 Å². The highest BCUT2D eigenvalue weighted by Gasteiger charge is 2.29. The summed E-state index contributed by atoms with van der Waals surface area (Å²) in [6, 6.07) is -0.231. The van der Waals surface area contributed by atoms with E-state index >= 15 is 0 Å². The van der Waals surface area contributed by atoms with Crippen LogP contribution in [0, 0.1) is 0 Å². The average molecular weight is 244 g/mol. The number of rotatable bonds is 4.